The number of hydrogen-bond donors (Lipinski definition) is 0. The first kappa shape index (κ1) is 12.6. The number of halogens is 5. The van der Waals surface area contributed by atoms with Gasteiger partial charge in [-0.15, -0.1) is 6.42 Å². The first-order valence-corrected chi connectivity index (χ1v) is 5.88. The first-order valence-electron chi connectivity index (χ1n) is 3.93. The smallest absolute Gasteiger partial charge is 0.310 e. The third-order valence-corrected chi connectivity index (χ3v) is 2.72. The van der Waals surface area contributed by atoms with Crippen molar-refractivity contribution in [1.29, 1.82) is 0 Å². The summed E-state index contributed by atoms with van der Waals surface area (Å²) in [6.07, 6.45) is 4.81. The second-order valence-electron chi connectivity index (χ2n) is 2.94. The van der Waals surface area contributed by atoms with Crippen molar-refractivity contribution in [1.82, 2.24) is 0 Å². The Morgan fingerprint density at radius 3 is 2.31 bits per heavy atom. The molecule has 0 aliphatic heterocycles. The number of benzene rings is 1. The van der Waals surface area contributed by atoms with E-state index in [-0.39, 0.29) is 18.4 Å². The molecule has 0 saturated carbocycles. The normalized spacial score (nSPS) is 15.8. The van der Waals surface area contributed by atoms with Gasteiger partial charge in [-0.3, -0.25) is 0 Å². The lowest BCUT2D eigenvalue weighted by Gasteiger charge is -2.40. The van der Waals surface area contributed by atoms with Crippen molar-refractivity contribution in [3.05, 3.63) is 24.3 Å². The van der Waals surface area contributed by atoms with Gasteiger partial charge in [-0.1, -0.05) is 31.4 Å². The lowest BCUT2D eigenvalue weighted by molar-refractivity contribution is 0.354. The fourth-order valence-corrected chi connectivity index (χ4v) is 1.60. The molecule has 0 amide bonds. The monoisotopic (exact) mass is 258 g/mol. The molecule has 0 aliphatic rings. The molecule has 0 aromatic heterocycles. The van der Waals surface area contributed by atoms with Gasteiger partial charge in [-0.25, -0.2) is 0 Å². The van der Waals surface area contributed by atoms with Crippen molar-refractivity contribution < 1.29 is 24.2 Å². The van der Waals surface area contributed by atoms with Crippen molar-refractivity contribution in [2.24, 2.45) is 0 Å². The number of terminal acetylenes is 1. The minimum absolute atomic E-state index is 0.235. The van der Waals surface area contributed by atoms with Gasteiger partial charge in [0.25, 0.3) is 0 Å². The zero-order valence-electron chi connectivity index (χ0n) is 7.80. The van der Waals surface area contributed by atoms with Crippen LogP contribution in [0.15, 0.2) is 29.2 Å². The Hall–Kier alpha value is -1.42. The summed E-state index contributed by atoms with van der Waals surface area (Å²) >= 11 is 0. The van der Waals surface area contributed by atoms with E-state index in [1.54, 1.807) is 0 Å². The minimum atomic E-state index is -9.64. The van der Waals surface area contributed by atoms with E-state index in [0.717, 1.165) is 12.1 Å². The Morgan fingerprint density at radius 2 is 1.81 bits per heavy atom. The molecule has 0 radical (unpaired) electrons. The van der Waals surface area contributed by atoms with E-state index in [9.17, 15) is 19.4 Å². The average Bonchev–Trinajstić information content (AvgIpc) is 2.12. The molecule has 16 heavy (non-hydrogen) atoms. The molecule has 0 atom stereocenters. The van der Waals surface area contributed by atoms with Crippen LogP contribution in [0.5, 0.6) is 5.75 Å². The summed E-state index contributed by atoms with van der Waals surface area (Å²) < 4.78 is 66.4. The highest BCUT2D eigenvalue weighted by Gasteiger charge is 2.65. The number of ether oxygens (including phenoxy) is 1. The second-order valence-corrected chi connectivity index (χ2v) is 5.35. The summed E-state index contributed by atoms with van der Waals surface area (Å²) in [5, 5.41) is 0. The van der Waals surface area contributed by atoms with Crippen LogP contribution < -0.4 is 4.74 Å². The average molecular weight is 258 g/mol. The van der Waals surface area contributed by atoms with Crippen molar-refractivity contribution in [3.8, 4) is 18.1 Å². The molecule has 0 spiro atoms. The predicted octanol–water partition coefficient (Wildman–Crippen LogP) is 4.36. The molecule has 0 bridgehead atoms. The van der Waals surface area contributed by atoms with Crippen LogP contribution in [0, 0.1) is 12.3 Å². The molecule has 90 valence electrons. The molecule has 7 heteroatoms. The second kappa shape index (κ2) is 3.04. The molecule has 0 N–H and O–H groups in total. The molecule has 0 unspecified atom stereocenters. The van der Waals surface area contributed by atoms with E-state index in [1.165, 1.54) is 0 Å². The van der Waals surface area contributed by atoms with Crippen LogP contribution >= 0.6 is 10.2 Å². The SMILES string of the molecule is C#CCOc1cccc(S(F)(F)(F)(F)F)c1. The Bertz CT molecular complexity index is 444. The molecule has 1 aromatic carbocycles. The van der Waals surface area contributed by atoms with Crippen LogP contribution in [0.2, 0.25) is 0 Å². The molecule has 0 saturated heterocycles. The standard InChI is InChI=1S/C9H7F5OS/c1-2-6-15-8-4-3-5-9(7-8)16(10,11,12,13)14/h1,3-5,7H,6H2. The van der Waals surface area contributed by atoms with Gasteiger partial charge in [-0.2, -0.15) is 0 Å². The van der Waals surface area contributed by atoms with Crippen LogP contribution in [0.1, 0.15) is 0 Å². The van der Waals surface area contributed by atoms with E-state index >= 15 is 0 Å². The zero-order valence-corrected chi connectivity index (χ0v) is 8.62. The van der Waals surface area contributed by atoms with Crippen LogP contribution in [0.3, 0.4) is 0 Å². The van der Waals surface area contributed by atoms with Crippen LogP contribution in [-0.2, 0) is 0 Å². The van der Waals surface area contributed by atoms with E-state index in [0.29, 0.717) is 6.07 Å². The largest absolute Gasteiger partial charge is 0.481 e. The molecule has 1 nitrogen and oxygen atoms in total. The summed E-state index contributed by atoms with van der Waals surface area (Å²) in [6.45, 7) is -0.288. The van der Waals surface area contributed by atoms with Gasteiger partial charge in [0.05, 0.1) is 0 Å². The van der Waals surface area contributed by atoms with E-state index in [1.807, 2.05) is 5.92 Å². The van der Waals surface area contributed by atoms with Gasteiger partial charge < -0.3 is 4.74 Å². The lowest BCUT2D eigenvalue weighted by Crippen LogP contribution is -2.06. The minimum Gasteiger partial charge on any atom is -0.481 e. The highest BCUT2D eigenvalue weighted by Crippen LogP contribution is 3.02. The van der Waals surface area contributed by atoms with Crippen molar-refractivity contribution in [2.75, 3.05) is 6.61 Å². The van der Waals surface area contributed by atoms with Gasteiger partial charge in [0.15, 0.2) is 0 Å². The first-order chi connectivity index (χ1) is 7.03. The van der Waals surface area contributed by atoms with Crippen molar-refractivity contribution in [3.63, 3.8) is 0 Å². The molecule has 1 rings (SSSR count). The summed E-state index contributed by atoms with van der Waals surface area (Å²) in [4.78, 5) is -1.99. The van der Waals surface area contributed by atoms with Gasteiger partial charge in [0.2, 0.25) is 0 Å². The highest BCUT2D eigenvalue weighted by atomic mass is 32.5. The van der Waals surface area contributed by atoms with Crippen molar-refractivity contribution >= 4 is 10.2 Å². The topological polar surface area (TPSA) is 9.23 Å². The number of rotatable bonds is 3. The fraction of sp³-hybridized carbons (Fsp3) is 0.111. The molecule has 0 fully saturated rings. The quantitative estimate of drug-likeness (QED) is 0.578. The predicted molar refractivity (Wildman–Crippen MR) is 52.2 cm³/mol. The highest BCUT2D eigenvalue weighted by molar-refractivity contribution is 8.45. The van der Waals surface area contributed by atoms with Gasteiger partial charge in [0, 0.05) is 6.07 Å². The maximum absolute atomic E-state index is 12.4. The molecular formula is C9H7F5OS. The number of hydrogen-bond acceptors (Lipinski definition) is 1. The summed E-state index contributed by atoms with van der Waals surface area (Å²) in [5.41, 5.74) is 0. The van der Waals surface area contributed by atoms with Crippen LogP contribution in [-0.4, -0.2) is 6.61 Å². The van der Waals surface area contributed by atoms with Gasteiger partial charge >= 0.3 is 10.2 Å². The van der Waals surface area contributed by atoms with E-state index in [2.05, 4.69) is 4.74 Å². The summed E-state index contributed by atoms with van der Waals surface area (Å²) in [7, 11) is -9.64. The molecule has 0 heterocycles. The Labute approximate surface area is 88.9 Å². The molecule has 0 aliphatic carbocycles. The Balaban J connectivity index is 3.16. The molecule has 1 aromatic rings. The zero-order chi connectivity index (χ0) is 12.5. The lowest BCUT2D eigenvalue weighted by atomic mass is 10.3. The van der Waals surface area contributed by atoms with Crippen LogP contribution in [0.4, 0.5) is 19.4 Å². The van der Waals surface area contributed by atoms with Crippen LogP contribution in [0.25, 0.3) is 0 Å². The van der Waals surface area contributed by atoms with Crippen molar-refractivity contribution in [2.45, 2.75) is 4.90 Å². The Morgan fingerprint density at radius 1 is 1.19 bits per heavy atom. The van der Waals surface area contributed by atoms with Gasteiger partial charge in [-0.05, 0) is 12.1 Å². The summed E-state index contributed by atoms with van der Waals surface area (Å²) in [6, 6.07) is 2.48. The maximum Gasteiger partial charge on any atom is 0.310 e. The van der Waals surface area contributed by atoms with E-state index < -0.39 is 15.1 Å². The van der Waals surface area contributed by atoms with E-state index in [4.69, 9.17) is 6.42 Å². The summed E-state index contributed by atoms with van der Waals surface area (Å²) in [5.74, 6) is 1.67. The Kier molecular flexibility index (Phi) is 2.40. The third-order valence-electron chi connectivity index (χ3n) is 1.57. The fourth-order valence-electron chi connectivity index (χ4n) is 0.929. The maximum atomic E-state index is 12.4. The third kappa shape index (κ3) is 3.31. The molecular weight excluding hydrogens is 251 g/mol. The van der Waals surface area contributed by atoms with Gasteiger partial charge in [0.1, 0.15) is 17.3 Å².